The summed E-state index contributed by atoms with van der Waals surface area (Å²) < 4.78 is 4.90. The van der Waals surface area contributed by atoms with Gasteiger partial charge in [0.05, 0.1) is 12.2 Å². The van der Waals surface area contributed by atoms with Gasteiger partial charge in [-0.25, -0.2) is 0 Å². The molecule has 0 heterocycles. The van der Waals surface area contributed by atoms with Gasteiger partial charge in [-0.2, -0.15) is 0 Å². The topological polar surface area (TPSA) is 29.5 Å². The molecule has 0 saturated carbocycles. The van der Waals surface area contributed by atoms with Gasteiger partial charge in [-0.15, -0.1) is 0 Å². The van der Waals surface area contributed by atoms with E-state index in [2.05, 4.69) is 13.8 Å². The fourth-order valence-corrected chi connectivity index (χ4v) is 0.167. The van der Waals surface area contributed by atoms with E-state index >= 15 is 0 Å². The lowest BCUT2D eigenvalue weighted by Gasteiger charge is -2.01. The summed E-state index contributed by atoms with van der Waals surface area (Å²) in [4.78, 5) is 0. The number of rotatable bonds is 3. The number of aliphatic hydroxyl groups is 1. The molecule has 0 bridgehead atoms. The summed E-state index contributed by atoms with van der Waals surface area (Å²) >= 11 is 0. The molecule has 0 unspecified atom stereocenters. The fraction of sp³-hybridized carbons (Fsp3) is 1.00. The van der Waals surface area contributed by atoms with Crippen LogP contribution in [0.3, 0.4) is 0 Å². The van der Waals surface area contributed by atoms with E-state index in [9.17, 15) is 0 Å². The van der Waals surface area contributed by atoms with E-state index in [4.69, 9.17) is 9.84 Å². The van der Waals surface area contributed by atoms with Crippen molar-refractivity contribution < 1.29 is 9.84 Å². The Kier molecular flexibility index (Phi) is 259. The van der Waals surface area contributed by atoms with Gasteiger partial charge in [0.15, 0.2) is 0 Å². The number of hydrogen-bond donors (Lipinski definition) is 1. The van der Waals surface area contributed by atoms with Crippen molar-refractivity contribution in [3.05, 3.63) is 0 Å². The summed E-state index contributed by atoms with van der Waals surface area (Å²) in [6.45, 7) is 31.9. The summed E-state index contributed by atoms with van der Waals surface area (Å²) in [5.74, 6) is 0. The zero-order valence-corrected chi connectivity index (χ0v) is 20.4. The molecule has 0 radical (unpaired) electrons. The number of aliphatic hydroxyl groups excluding tert-OH is 1. The third-order valence-corrected chi connectivity index (χ3v) is 1.57. The first-order valence-corrected chi connectivity index (χ1v) is 10.3. The highest BCUT2D eigenvalue weighted by Crippen LogP contribution is 1.89. The Bertz CT molecular complexity index is 60.9. The Balaban J connectivity index is -0.0000000201. The van der Waals surface area contributed by atoms with Crippen LogP contribution in [0.2, 0.25) is 0 Å². The van der Waals surface area contributed by atoms with Crippen molar-refractivity contribution in [2.45, 2.75) is 136 Å². The Hall–Kier alpha value is -0.0800. The summed E-state index contributed by atoms with van der Waals surface area (Å²) in [7, 11) is 1.73. The number of hydrogen-bond acceptors (Lipinski definition) is 2. The summed E-state index contributed by atoms with van der Waals surface area (Å²) in [6.07, 6.45) is 2.29. The van der Waals surface area contributed by atoms with Crippen LogP contribution in [0.1, 0.15) is 124 Å². The zero-order chi connectivity index (χ0) is 21.3. The molecule has 154 valence electrons. The maximum absolute atomic E-state index is 8.36. The second kappa shape index (κ2) is 121. The van der Waals surface area contributed by atoms with E-state index in [1.54, 1.807) is 14.0 Å². The Morgan fingerprint density at radius 3 is 0.783 bits per heavy atom. The lowest BCUT2D eigenvalue weighted by atomic mass is 10.3. The molecule has 0 spiro atoms. The SMILES string of the molecule is CC.CC.CC.CC.CC.CC.CC[C@@H](C)O.CC[C@@H](C)OC. The monoisotopic (exact) mass is 342 g/mol. The highest BCUT2D eigenvalue weighted by molar-refractivity contribution is 4.38. The van der Waals surface area contributed by atoms with Crippen LogP contribution in [-0.2, 0) is 4.74 Å². The molecule has 0 aliphatic carbocycles. The van der Waals surface area contributed by atoms with Crippen molar-refractivity contribution in [1.29, 1.82) is 0 Å². The summed E-state index contributed by atoms with van der Waals surface area (Å²) in [5.41, 5.74) is 0. The van der Waals surface area contributed by atoms with Crippen molar-refractivity contribution >= 4 is 0 Å². The van der Waals surface area contributed by atoms with Gasteiger partial charge < -0.3 is 9.84 Å². The van der Waals surface area contributed by atoms with Crippen molar-refractivity contribution in [3.63, 3.8) is 0 Å². The molecule has 0 amide bonds. The third-order valence-electron chi connectivity index (χ3n) is 1.57. The van der Waals surface area contributed by atoms with E-state index in [0.29, 0.717) is 6.10 Å². The maximum Gasteiger partial charge on any atom is 0.0540 e. The van der Waals surface area contributed by atoms with Crippen LogP contribution in [0, 0.1) is 0 Å². The molecule has 0 aromatic carbocycles. The lowest BCUT2D eigenvalue weighted by molar-refractivity contribution is 0.115. The smallest absolute Gasteiger partial charge is 0.0540 e. The molecule has 2 heteroatoms. The zero-order valence-electron chi connectivity index (χ0n) is 20.4. The molecule has 1 N–H and O–H groups in total. The van der Waals surface area contributed by atoms with Crippen molar-refractivity contribution in [1.82, 2.24) is 0 Å². The fourth-order valence-electron chi connectivity index (χ4n) is 0.167. The van der Waals surface area contributed by atoms with Crippen molar-refractivity contribution in [2.24, 2.45) is 0 Å². The number of ether oxygens (including phenoxy) is 1. The largest absolute Gasteiger partial charge is 0.393 e. The highest BCUT2D eigenvalue weighted by atomic mass is 16.5. The van der Waals surface area contributed by atoms with Crippen molar-refractivity contribution in [2.75, 3.05) is 7.11 Å². The first-order valence-electron chi connectivity index (χ1n) is 10.3. The van der Waals surface area contributed by atoms with Crippen LogP contribution in [0.15, 0.2) is 0 Å². The molecule has 0 rings (SSSR count). The van der Waals surface area contributed by atoms with Crippen LogP contribution >= 0.6 is 0 Å². The van der Waals surface area contributed by atoms with E-state index in [1.165, 1.54) is 0 Å². The molecular weight excluding hydrogens is 284 g/mol. The molecule has 0 saturated heterocycles. The molecule has 0 aromatic rings. The minimum Gasteiger partial charge on any atom is -0.393 e. The quantitative estimate of drug-likeness (QED) is 0.558. The second-order valence-corrected chi connectivity index (χ2v) is 2.71. The third kappa shape index (κ3) is 248. The molecule has 0 aliphatic heterocycles. The van der Waals surface area contributed by atoms with E-state index in [-0.39, 0.29) is 6.10 Å². The predicted octanol–water partition coefficient (Wildman–Crippen LogP) is 8.37. The van der Waals surface area contributed by atoms with Crippen LogP contribution in [0.4, 0.5) is 0 Å². The molecule has 0 aliphatic rings. The van der Waals surface area contributed by atoms with Gasteiger partial charge in [0.1, 0.15) is 0 Å². The van der Waals surface area contributed by atoms with E-state index in [1.807, 2.05) is 90.0 Å². The minimum atomic E-state index is -0.116. The van der Waals surface area contributed by atoms with Gasteiger partial charge in [-0.05, 0) is 26.7 Å². The molecule has 23 heavy (non-hydrogen) atoms. The van der Waals surface area contributed by atoms with E-state index in [0.717, 1.165) is 12.8 Å². The van der Waals surface area contributed by atoms with Gasteiger partial charge in [-0.1, -0.05) is 96.9 Å². The second-order valence-electron chi connectivity index (χ2n) is 2.71. The van der Waals surface area contributed by atoms with Gasteiger partial charge in [0.25, 0.3) is 0 Å². The minimum absolute atomic E-state index is 0.116. The number of methoxy groups -OCH3 is 1. The Morgan fingerprint density at radius 1 is 0.609 bits per heavy atom. The van der Waals surface area contributed by atoms with Gasteiger partial charge in [0, 0.05) is 7.11 Å². The molecule has 2 nitrogen and oxygen atoms in total. The predicted molar refractivity (Wildman–Crippen MR) is 117 cm³/mol. The van der Waals surface area contributed by atoms with Crippen molar-refractivity contribution in [3.8, 4) is 0 Å². The lowest BCUT2D eigenvalue weighted by Crippen LogP contribution is -2.00. The van der Waals surface area contributed by atoms with Crippen LogP contribution in [0.5, 0.6) is 0 Å². The van der Waals surface area contributed by atoms with Crippen LogP contribution < -0.4 is 0 Å². The summed E-state index contributed by atoms with van der Waals surface area (Å²) in [6, 6.07) is 0. The first kappa shape index (κ1) is 49.5. The Morgan fingerprint density at radius 2 is 0.783 bits per heavy atom. The average Bonchev–Trinajstić information content (AvgIpc) is 2.70. The van der Waals surface area contributed by atoms with Gasteiger partial charge in [0.2, 0.25) is 0 Å². The summed E-state index contributed by atoms with van der Waals surface area (Å²) in [5, 5.41) is 8.36. The van der Waals surface area contributed by atoms with Crippen LogP contribution in [0.25, 0.3) is 0 Å². The van der Waals surface area contributed by atoms with Crippen LogP contribution in [-0.4, -0.2) is 24.4 Å². The average molecular weight is 343 g/mol. The molecule has 0 fully saturated rings. The molecule has 0 aromatic heterocycles. The van der Waals surface area contributed by atoms with Gasteiger partial charge >= 0.3 is 0 Å². The van der Waals surface area contributed by atoms with Gasteiger partial charge in [-0.3, -0.25) is 0 Å². The molecular formula is C21H58O2. The Labute approximate surface area is 153 Å². The standard InChI is InChI=1S/C5H12O.C4H10O.6C2H6/c1-4-5(2)6-3;1-3-4(2)5;6*1-2/h5H,4H2,1-3H3;4-5H,3H2,1-2H3;6*1-2H3/t5-;4-;;;;;;/m11....../s1. The normalized spacial score (nSPS) is 8.61. The molecule has 2 atom stereocenters. The highest BCUT2D eigenvalue weighted by Gasteiger charge is 1.88. The van der Waals surface area contributed by atoms with E-state index < -0.39 is 0 Å². The first-order chi connectivity index (χ1) is 11.1. The maximum atomic E-state index is 8.36.